The number of esters is 1. The minimum absolute atomic E-state index is 0.0116. The first-order chi connectivity index (χ1) is 66.2. The molecule has 4 N–H and O–H groups in total. The summed E-state index contributed by atoms with van der Waals surface area (Å²) in [4.78, 5) is 146. The lowest BCUT2D eigenvalue weighted by atomic mass is 9.33. The van der Waals surface area contributed by atoms with E-state index in [9.17, 15) is 63.3 Å². The second kappa shape index (κ2) is 33.5. The molecule has 20 aliphatic carbocycles. The Balaban J connectivity index is 0.000000132. The number of nitrogens with zero attached hydrogens (tertiary/aromatic N) is 3. The van der Waals surface area contributed by atoms with Crippen LogP contribution in [-0.4, -0.2) is 93.6 Å². The van der Waals surface area contributed by atoms with E-state index in [0.717, 1.165) is 184 Å². The predicted octanol–water partition coefficient (Wildman–Crippen LogP) is 27.3. The molecule has 9 unspecified atom stereocenters. The molecule has 13 fully saturated rings. The fourth-order valence-corrected chi connectivity index (χ4v) is 41.1. The molecule has 20 rings (SSSR count). The zero-order valence-electron chi connectivity index (χ0n) is 93.8. The number of hydrogen-bond acceptors (Lipinski definition) is 12. The molecule has 18 nitrogen and oxygen atoms in total. The number of aliphatic hydroxyl groups excluding tert-OH is 1. The van der Waals surface area contributed by atoms with Gasteiger partial charge < -0.3 is 39.8 Å². The summed E-state index contributed by atoms with van der Waals surface area (Å²) in [5, 5.41) is 35.0. The van der Waals surface area contributed by atoms with Gasteiger partial charge in [0.15, 0.2) is 34.7 Å². The van der Waals surface area contributed by atoms with Crippen LogP contribution in [0.2, 0.25) is 0 Å². The number of nitrogens with one attached hydrogen (secondary N) is 1. The van der Waals surface area contributed by atoms with Crippen molar-refractivity contribution in [2.24, 2.45) is 201 Å². The normalized spacial score (nSPS) is 47.2. The number of carbonyl (C=O) groups is 10. The largest absolute Gasteiger partial charge is 0.481 e. The van der Waals surface area contributed by atoms with Gasteiger partial charge in [0.2, 0.25) is 23.0 Å². The van der Waals surface area contributed by atoms with E-state index in [0.29, 0.717) is 37.6 Å². The van der Waals surface area contributed by atoms with Gasteiger partial charge >= 0.3 is 17.9 Å². The molecule has 0 bridgehead atoms. The topological polar surface area (TPSA) is 266 Å². The molecule has 0 aromatic heterocycles. The highest BCUT2D eigenvalue weighted by Crippen LogP contribution is 2.82. The number of carboxylic acids is 2. The van der Waals surface area contributed by atoms with Crippen LogP contribution in [0.3, 0.4) is 0 Å². The van der Waals surface area contributed by atoms with Crippen LogP contribution in [0.1, 0.15) is 400 Å². The second-order valence-corrected chi connectivity index (χ2v) is 59.9. The molecule has 18 heteroatoms. The van der Waals surface area contributed by atoms with Gasteiger partial charge in [0.1, 0.15) is 0 Å². The van der Waals surface area contributed by atoms with E-state index >= 15 is 0 Å². The molecule has 0 heterocycles. The Hall–Kier alpha value is -7.49. The van der Waals surface area contributed by atoms with Crippen molar-refractivity contribution in [2.45, 2.75) is 406 Å². The van der Waals surface area contributed by atoms with E-state index in [4.69, 9.17) is 24.5 Å². The molecular formula is C126H178N4O14. The SMILES string of the molecule is CC1(C)CC[C@]2(C(=O)O)CC[C@]3(C)C(=CCC4[C@@]5(C)CCC(O)C(C)(C)[C@@H]5CC[C@]43C)C2C1.[C-]#[N+]C1=C[C@]2(C)C3=CC(=O)C4C5CC(C)(C)CC[C@]5(C(=O)NCC)CC[C@@]4(C)[C@]3(C)CC[C@H]2C(C)(C)C1=O.[C-]#[N+]C1=C[C@]2(C)C3=CC(=O)C4C5CC(C)(C)CC[C@]5(C(=O)O)CC[C@@]4(C)[C@]3(C)CC[C@H]2C(C)(C)C1=O.[C-]#[N+]C1=C[C@]2(C)C3=CC(=O)C4C5CC(C)(C)CC[C@]5(C(=O)OC)CC[C@@]4(C)[C@]3(C)CC[C@H]2C(C)(C)C1=O. The maximum atomic E-state index is 14.5. The third-order valence-corrected chi connectivity index (χ3v) is 50.4. The zero-order chi connectivity index (χ0) is 106. The van der Waals surface area contributed by atoms with E-state index in [1.54, 1.807) is 0 Å². The van der Waals surface area contributed by atoms with Crippen molar-refractivity contribution in [1.82, 2.24) is 5.32 Å². The van der Waals surface area contributed by atoms with E-state index in [1.165, 1.54) is 25.5 Å². The molecule has 0 aromatic carbocycles. The number of fused-ring (bicyclic) bond motifs is 28. The van der Waals surface area contributed by atoms with Crippen LogP contribution in [-0.2, 0) is 52.7 Å². The number of rotatable bonds is 5. The van der Waals surface area contributed by atoms with Gasteiger partial charge in [-0.2, -0.15) is 0 Å². The van der Waals surface area contributed by atoms with Crippen molar-refractivity contribution in [3.05, 3.63) is 116 Å². The first-order valence-corrected chi connectivity index (χ1v) is 56.2. The van der Waals surface area contributed by atoms with Crippen molar-refractivity contribution >= 4 is 58.5 Å². The number of amides is 1. The average Bonchev–Trinajstić information content (AvgIpc) is 0.665. The Morgan fingerprint density at radius 3 is 1.08 bits per heavy atom. The molecule has 786 valence electrons. The minimum Gasteiger partial charge on any atom is -0.481 e. The molecule has 144 heavy (non-hydrogen) atoms. The zero-order valence-corrected chi connectivity index (χ0v) is 93.8. The average molecular weight is 1970 g/mol. The predicted molar refractivity (Wildman–Crippen MR) is 561 cm³/mol. The highest BCUT2D eigenvalue weighted by atomic mass is 16.5. The number of Topliss-reactive ketones (excluding diaryl/α,β-unsaturated/α-hetero) is 3. The Morgan fingerprint density at radius 1 is 0.375 bits per heavy atom. The summed E-state index contributed by atoms with van der Waals surface area (Å²) in [7, 11) is 1.49. The molecule has 0 saturated heterocycles. The molecule has 1 amide bonds. The van der Waals surface area contributed by atoms with Gasteiger partial charge in [-0.15, -0.1) is 0 Å². The molecule has 0 spiro atoms. The number of ether oxygens (including phenoxy) is 1. The van der Waals surface area contributed by atoms with Crippen LogP contribution in [0.25, 0.3) is 14.5 Å². The Kier molecular flexibility index (Phi) is 25.1. The van der Waals surface area contributed by atoms with Gasteiger partial charge in [0.05, 0.1) is 54.6 Å². The molecular weight excluding hydrogens is 1790 g/mol. The van der Waals surface area contributed by atoms with Crippen LogP contribution in [0, 0.1) is 221 Å². The molecule has 0 radical (unpaired) electrons. The number of ketones is 6. The van der Waals surface area contributed by atoms with Crippen LogP contribution >= 0.6 is 0 Å². The molecule has 29 atom stereocenters. The number of allylic oxidation sites excluding steroid dienone is 14. The number of aliphatic carboxylic acids is 2. The summed E-state index contributed by atoms with van der Waals surface area (Å²) in [6.45, 7) is 88.4. The van der Waals surface area contributed by atoms with E-state index in [1.807, 2.05) is 84.9 Å². The van der Waals surface area contributed by atoms with Crippen molar-refractivity contribution < 1.29 is 68.0 Å². The number of hydrogen-bond donors (Lipinski definition) is 4. The number of carboxylic acid groups (broad SMARTS) is 2. The summed E-state index contributed by atoms with van der Waals surface area (Å²) in [6.07, 6.45) is 41.4. The van der Waals surface area contributed by atoms with Crippen LogP contribution in [0.15, 0.2) is 81.9 Å². The van der Waals surface area contributed by atoms with Crippen LogP contribution in [0.4, 0.5) is 0 Å². The summed E-state index contributed by atoms with van der Waals surface area (Å²) >= 11 is 0. The van der Waals surface area contributed by atoms with Gasteiger partial charge in [-0.3, -0.25) is 33.6 Å². The smallest absolute Gasteiger partial charge is 0.312 e. The van der Waals surface area contributed by atoms with E-state index in [2.05, 4.69) is 178 Å². The summed E-state index contributed by atoms with van der Waals surface area (Å²) in [6, 6.07) is 0. The lowest BCUT2D eigenvalue weighted by molar-refractivity contribution is -0.205. The lowest BCUT2D eigenvalue weighted by Gasteiger charge is -2.71. The molecule has 13 saturated carbocycles. The third-order valence-electron chi connectivity index (χ3n) is 50.4. The van der Waals surface area contributed by atoms with Gasteiger partial charge in [-0.1, -0.05) is 240 Å². The number of methoxy groups -OCH3 is 1. The van der Waals surface area contributed by atoms with Gasteiger partial charge in [0.25, 0.3) is 0 Å². The fraction of sp³-hybridized carbons (Fsp3) is 0.786. The lowest BCUT2D eigenvalue weighted by Crippen LogP contribution is -2.66. The molecule has 20 aliphatic rings. The summed E-state index contributed by atoms with van der Waals surface area (Å²) in [5.41, 5.74) is -1.53. The Bertz CT molecular complexity index is 5890. The fourth-order valence-electron chi connectivity index (χ4n) is 41.1. The second-order valence-electron chi connectivity index (χ2n) is 59.9. The van der Waals surface area contributed by atoms with Gasteiger partial charge in [-0.25, -0.2) is 14.5 Å². The highest BCUT2D eigenvalue weighted by Gasteiger charge is 2.78. The quantitative estimate of drug-likeness (QED) is 0.113. The van der Waals surface area contributed by atoms with Crippen molar-refractivity contribution in [3.8, 4) is 0 Å². The van der Waals surface area contributed by atoms with E-state index < -0.39 is 66.1 Å². The maximum Gasteiger partial charge on any atom is 0.312 e. The molecule has 0 aromatic rings. The first-order valence-electron chi connectivity index (χ1n) is 56.2. The Labute approximate surface area is 863 Å². The summed E-state index contributed by atoms with van der Waals surface area (Å²) < 4.78 is 5.41. The van der Waals surface area contributed by atoms with Crippen molar-refractivity contribution in [2.75, 3.05) is 13.7 Å². The monoisotopic (exact) mass is 1970 g/mol. The van der Waals surface area contributed by atoms with E-state index in [-0.39, 0.29) is 205 Å². The summed E-state index contributed by atoms with van der Waals surface area (Å²) in [5.74, 6) is -0.684. The number of aliphatic hydroxyl groups is 1. The van der Waals surface area contributed by atoms with Crippen LogP contribution in [0.5, 0.6) is 0 Å². The minimum atomic E-state index is -0.825. The Morgan fingerprint density at radius 2 is 0.701 bits per heavy atom. The number of carbonyl (C=O) groups excluding carboxylic acids is 8. The van der Waals surface area contributed by atoms with Crippen molar-refractivity contribution in [1.29, 1.82) is 0 Å². The third kappa shape index (κ3) is 14.3. The molecule has 0 aliphatic heterocycles. The highest BCUT2D eigenvalue weighted by molar-refractivity contribution is 6.06. The maximum absolute atomic E-state index is 14.5. The van der Waals surface area contributed by atoms with Crippen LogP contribution < -0.4 is 5.32 Å². The van der Waals surface area contributed by atoms with Gasteiger partial charge in [0, 0.05) is 56.8 Å². The van der Waals surface area contributed by atoms with Crippen molar-refractivity contribution in [3.63, 3.8) is 0 Å². The first kappa shape index (κ1) is 108. The van der Waals surface area contributed by atoms with Gasteiger partial charge in [-0.05, 0) is 353 Å². The standard InChI is InChI=1S/C33H46N2O3.C32H43NO4.C31H41NO4.C30H48O3/c1-10-35-27(38)33-15-13-28(2,3)18-20(33)25-22(36)17-24-30(6)19-21(34-9)26(37)29(4,5)23(30)11-12-31(24,7)32(25,8)14-16-33;1-27(2)12-14-32(26(36)37-9)15-13-31(7)24(19(32)17-27)21(34)16-23-29(5)18-20(33-8)25(35)28(3,4)22(29)10-11-30(23,31)6;1-26(2)11-13-31(25(35)36)14-12-30(7)23(18(31)16-26)20(33)15-22-28(5)17-19(32-8)24(34)27(3,4)21(28)9-10-29(22,30)6;1-25(2)14-16-30(24(32)33)17-15-28(6)19(20(30)18-25)8-9-22-27(5)12-11-23(31)26(3,4)21(27)10-13-29(22,28)7/h17,19-20,23,25H,10-16,18H2,1-8H3,(H,35,38);16,18-19,22,24H,10-15,17H2,1-7,9H3;15,17-18,21,23H,9-14,16H2,1-7H3,(H,35,36);8,20-23,31H,9-18H2,1-7H3,(H,32,33)/t20?,23-,25?,30-,31+,32+,33-;19?,22-,24?,29-,30+,31+,32-;18?,21-,23?,28-,29+,30+,31-;20?,21-,22?,23?,27-,28+,29+,30-/m0000/s1.